The Bertz CT molecular complexity index is 1590. The molecular formula is C32H36O13. The van der Waals surface area contributed by atoms with Crippen LogP contribution in [-0.2, 0) is 4.74 Å². The van der Waals surface area contributed by atoms with Crippen molar-refractivity contribution in [2.45, 2.75) is 52.1 Å². The number of fused-ring (bicyclic) bond motifs is 5. The number of ketones is 4. The fourth-order valence-electron chi connectivity index (χ4n) is 8.17. The van der Waals surface area contributed by atoms with Crippen LogP contribution in [0.25, 0.3) is 0 Å². The van der Waals surface area contributed by atoms with Crippen LogP contribution in [0.3, 0.4) is 0 Å². The number of benzene rings is 2. The van der Waals surface area contributed by atoms with E-state index in [4.69, 9.17) is 33.2 Å². The zero-order valence-corrected chi connectivity index (χ0v) is 26.8. The van der Waals surface area contributed by atoms with E-state index >= 15 is 9.59 Å². The average molecular weight is 629 g/mol. The summed E-state index contributed by atoms with van der Waals surface area (Å²) in [6.45, 7) is 6.07. The molecule has 0 radical (unpaired) electrons. The lowest BCUT2D eigenvalue weighted by molar-refractivity contribution is -0.261. The standard InChI is InChI=1S/C32H36O13/c1-11-29-25(33)15-17(23(43-9)21(41-7)13(3)19(15)39-5)27(35)31(29,37)45-32(38)28(36)18-16(26(34)30(29,32)12-2)20(40-6)14(4)22(42-8)24(18)44-10/h37-38H,11-12H2,1-10H3/t29-,30-,31-,32+/m1/s1. The van der Waals surface area contributed by atoms with Crippen molar-refractivity contribution in [3.05, 3.63) is 33.4 Å². The van der Waals surface area contributed by atoms with Crippen molar-refractivity contribution in [3.8, 4) is 34.5 Å². The molecule has 5 rings (SSSR count). The zero-order valence-electron chi connectivity index (χ0n) is 26.8. The molecule has 2 aliphatic carbocycles. The molecule has 1 saturated heterocycles. The van der Waals surface area contributed by atoms with Crippen LogP contribution < -0.4 is 28.4 Å². The van der Waals surface area contributed by atoms with Gasteiger partial charge in [-0.05, 0) is 26.7 Å². The van der Waals surface area contributed by atoms with Gasteiger partial charge in [-0.25, -0.2) is 0 Å². The molecule has 2 N–H and O–H groups in total. The number of aliphatic hydroxyl groups is 2. The van der Waals surface area contributed by atoms with E-state index in [-0.39, 0.29) is 45.6 Å². The van der Waals surface area contributed by atoms with Crippen molar-refractivity contribution in [2.75, 3.05) is 42.7 Å². The molecule has 1 fully saturated rings. The van der Waals surface area contributed by atoms with Crippen molar-refractivity contribution in [1.29, 1.82) is 0 Å². The lowest BCUT2D eigenvalue weighted by Gasteiger charge is -2.51. The number of methoxy groups -OCH3 is 6. The number of carbonyl (C=O) groups excluding carboxylic acids is 4. The summed E-state index contributed by atoms with van der Waals surface area (Å²) in [5.74, 6) is -11.4. The molecule has 242 valence electrons. The minimum atomic E-state index is -3.25. The molecule has 2 aromatic rings. The minimum Gasteiger partial charge on any atom is -0.496 e. The highest BCUT2D eigenvalue weighted by Gasteiger charge is 2.89. The Morgan fingerprint density at radius 2 is 0.756 bits per heavy atom. The maximum Gasteiger partial charge on any atom is 0.248 e. The molecule has 0 saturated carbocycles. The summed E-state index contributed by atoms with van der Waals surface area (Å²) in [5.41, 5.74) is -6.05. The van der Waals surface area contributed by atoms with E-state index in [2.05, 4.69) is 0 Å². The fraction of sp³-hybridized carbons (Fsp3) is 0.500. The lowest BCUT2D eigenvalue weighted by atomic mass is 9.45. The van der Waals surface area contributed by atoms with Gasteiger partial charge in [0.05, 0.1) is 64.9 Å². The third kappa shape index (κ3) is 3.13. The van der Waals surface area contributed by atoms with Gasteiger partial charge in [0.25, 0.3) is 0 Å². The molecule has 1 heterocycles. The van der Waals surface area contributed by atoms with Gasteiger partial charge in [-0.3, -0.25) is 19.2 Å². The Morgan fingerprint density at radius 1 is 0.489 bits per heavy atom. The van der Waals surface area contributed by atoms with Gasteiger partial charge in [0.15, 0.2) is 34.6 Å². The van der Waals surface area contributed by atoms with Gasteiger partial charge in [-0.1, -0.05) is 13.8 Å². The van der Waals surface area contributed by atoms with Gasteiger partial charge in [-0.15, -0.1) is 0 Å². The van der Waals surface area contributed by atoms with Crippen molar-refractivity contribution in [2.24, 2.45) is 10.8 Å². The van der Waals surface area contributed by atoms with Crippen LogP contribution in [0.4, 0.5) is 0 Å². The second-order valence-corrected chi connectivity index (χ2v) is 11.2. The van der Waals surface area contributed by atoms with E-state index in [9.17, 15) is 19.8 Å². The smallest absolute Gasteiger partial charge is 0.248 e. The maximum atomic E-state index is 15.2. The zero-order chi connectivity index (χ0) is 33.6. The Kier molecular flexibility index (Phi) is 7.27. The summed E-state index contributed by atoms with van der Waals surface area (Å²) in [6, 6.07) is 0. The summed E-state index contributed by atoms with van der Waals surface area (Å²) in [4.78, 5) is 59.6. The topological polar surface area (TPSA) is 173 Å². The first-order valence-electron chi connectivity index (χ1n) is 14.2. The second kappa shape index (κ2) is 10.2. The molecule has 0 aromatic heterocycles. The summed E-state index contributed by atoms with van der Waals surface area (Å²) < 4.78 is 39.1. The molecule has 0 spiro atoms. The number of Topliss-reactive ketones (excluding diaryl/α,β-unsaturated/α-hetero) is 4. The molecule has 3 aliphatic rings. The summed E-state index contributed by atoms with van der Waals surface area (Å²) in [6.07, 6.45) is -0.855. The van der Waals surface area contributed by atoms with Gasteiger partial charge in [0.1, 0.15) is 22.3 Å². The highest BCUT2D eigenvalue weighted by atomic mass is 16.7. The molecule has 4 atom stereocenters. The largest absolute Gasteiger partial charge is 0.496 e. The summed E-state index contributed by atoms with van der Waals surface area (Å²) in [5, 5.41) is 25.0. The first kappa shape index (κ1) is 32.2. The Morgan fingerprint density at radius 3 is 1.00 bits per heavy atom. The molecule has 0 amide bonds. The van der Waals surface area contributed by atoms with Crippen LogP contribution in [0.2, 0.25) is 0 Å². The average Bonchev–Trinajstić information content (AvgIpc) is 3.23. The Labute approximate surface area is 259 Å². The third-order valence-corrected chi connectivity index (χ3v) is 9.95. The van der Waals surface area contributed by atoms with Crippen molar-refractivity contribution >= 4 is 23.1 Å². The SMILES string of the molecule is CC[C@]12C(=O)c3c(OC)c(C)c(OC)c(OC)c3C(=O)[C@]1(O)O[C@]1(O)C(=O)c3c(OC)c(OC)c(C)c(OC)c3C(=O)[C@]21CC. The van der Waals surface area contributed by atoms with Gasteiger partial charge in [-0.2, -0.15) is 0 Å². The van der Waals surface area contributed by atoms with Crippen LogP contribution in [0.15, 0.2) is 0 Å². The van der Waals surface area contributed by atoms with E-state index in [1.54, 1.807) is 13.8 Å². The van der Waals surface area contributed by atoms with Gasteiger partial charge in [0.2, 0.25) is 23.1 Å². The molecule has 45 heavy (non-hydrogen) atoms. The third-order valence-electron chi connectivity index (χ3n) is 9.95. The molecule has 13 heteroatoms. The summed E-state index contributed by atoms with van der Waals surface area (Å²) in [7, 11) is 7.67. The Hall–Kier alpha value is -4.20. The first-order valence-corrected chi connectivity index (χ1v) is 14.2. The normalized spacial score (nSPS) is 28.2. The van der Waals surface area contributed by atoms with E-state index in [1.807, 2.05) is 0 Å². The van der Waals surface area contributed by atoms with Crippen molar-refractivity contribution in [1.82, 2.24) is 0 Å². The van der Waals surface area contributed by atoms with Crippen molar-refractivity contribution < 1.29 is 62.5 Å². The van der Waals surface area contributed by atoms with E-state index in [1.165, 1.54) is 56.5 Å². The minimum absolute atomic E-state index is 0.0396. The van der Waals surface area contributed by atoms with Gasteiger partial charge < -0.3 is 43.4 Å². The Balaban J connectivity index is 2.01. The number of hydrogen-bond acceptors (Lipinski definition) is 13. The molecule has 1 aliphatic heterocycles. The van der Waals surface area contributed by atoms with Crippen LogP contribution in [0, 0.1) is 24.7 Å². The molecular weight excluding hydrogens is 592 g/mol. The van der Waals surface area contributed by atoms with Crippen molar-refractivity contribution in [3.63, 3.8) is 0 Å². The molecule has 0 unspecified atom stereocenters. The molecule has 13 nitrogen and oxygen atoms in total. The monoisotopic (exact) mass is 628 g/mol. The van der Waals surface area contributed by atoms with E-state index < -0.39 is 69.5 Å². The molecule has 0 bridgehead atoms. The van der Waals surface area contributed by atoms with E-state index in [0.29, 0.717) is 11.1 Å². The van der Waals surface area contributed by atoms with Crippen LogP contribution in [0.5, 0.6) is 34.5 Å². The van der Waals surface area contributed by atoms with Crippen LogP contribution in [0.1, 0.15) is 79.2 Å². The highest BCUT2D eigenvalue weighted by Crippen LogP contribution is 2.73. The summed E-state index contributed by atoms with van der Waals surface area (Å²) >= 11 is 0. The first-order chi connectivity index (χ1) is 21.2. The van der Waals surface area contributed by atoms with Crippen LogP contribution >= 0.6 is 0 Å². The number of carbonyl (C=O) groups is 4. The maximum absolute atomic E-state index is 15.2. The van der Waals surface area contributed by atoms with Gasteiger partial charge in [0, 0.05) is 11.1 Å². The molecule has 2 aromatic carbocycles. The predicted octanol–water partition coefficient (Wildman–Crippen LogP) is 3.01. The van der Waals surface area contributed by atoms with Gasteiger partial charge >= 0.3 is 0 Å². The number of rotatable bonds is 8. The lowest BCUT2D eigenvalue weighted by Crippen LogP contribution is -2.69. The highest BCUT2D eigenvalue weighted by molar-refractivity contribution is 6.30. The fourth-order valence-corrected chi connectivity index (χ4v) is 8.17. The number of ether oxygens (including phenoxy) is 7. The number of hydrogen-bond donors (Lipinski definition) is 2. The van der Waals surface area contributed by atoms with E-state index in [0.717, 1.165) is 0 Å². The quantitative estimate of drug-likeness (QED) is 0.437. The van der Waals surface area contributed by atoms with Crippen LogP contribution in [-0.4, -0.2) is 87.6 Å². The predicted molar refractivity (Wildman–Crippen MR) is 155 cm³/mol. The second-order valence-electron chi connectivity index (χ2n) is 11.2.